The fraction of sp³-hybridized carbons (Fsp3) is 0.286. The lowest BCUT2D eigenvalue weighted by atomic mass is 10.1. The van der Waals surface area contributed by atoms with Gasteiger partial charge in [-0.2, -0.15) is 5.10 Å². The van der Waals surface area contributed by atoms with Crippen LogP contribution in [0.25, 0.3) is 22.5 Å². The zero-order chi connectivity index (χ0) is 25.6. The summed E-state index contributed by atoms with van der Waals surface area (Å²) in [5.74, 6) is 2.14. The van der Waals surface area contributed by atoms with Crippen molar-refractivity contribution in [3.8, 4) is 28.3 Å². The van der Waals surface area contributed by atoms with Crippen LogP contribution in [0.4, 0.5) is 11.5 Å². The van der Waals surface area contributed by atoms with Crippen LogP contribution in [0.15, 0.2) is 60.9 Å². The molecule has 37 heavy (non-hydrogen) atoms. The molecule has 0 saturated carbocycles. The van der Waals surface area contributed by atoms with E-state index in [9.17, 15) is 4.79 Å². The van der Waals surface area contributed by atoms with Gasteiger partial charge in [-0.25, -0.2) is 9.97 Å². The second-order valence-electron chi connectivity index (χ2n) is 9.33. The molecule has 0 aliphatic carbocycles. The summed E-state index contributed by atoms with van der Waals surface area (Å²) in [5, 5.41) is 13.2. The maximum atomic E-state index is 12.1. The van der Waals surface area contributed by atoms with Gasteiger partial charge in [0, 0.05) is 41.5 Å². The molecular weight excluding hydrogens is 468 g/mol. The van der Waals surface area contributed by atoms with Crippen LogP contribution in [0.3, 0.4) is 0 Å². The number of carbonyl (C=O) groups excluding carboxylic acids is 1. The highest BCUT2D eigenvalue weighted by molar-refractivity contribution is 5.77. The molecule has 9 nitrogen and oxygen atoms in total. The van der Waals surface area contributed by atoms with Crippen molar-refractivity contribution in [1.82, 2.24) is 25.5 Å². The highest BCUT2D eigenvalue weighted by atomic mass is 16.5. The van der Waals surface area contributed by atoms with E-state index >= 15 is 0 Å². The van der Waals surface area contributed by atoms with Gasteiger partial charge >= 0.3 is 0 Å². The Morgan fingerprint density at radius 1 is 1.11 bits per heavy atom. The third-order valence-corrected chi connectivity index (χ3v) is 5.97. The molecule has 0 spiro atoms. The molecule has 0 unspecified atom stereocenters. The predicted molar refractivity (Wildman–Crippen MR) is 141 cm³/mol. The van der Waals surface area contributed by atoms with Crippen LogP contribution in [0.5, 0.6) is 5.75 Å². The maximum absolute atomic E-state index is 12.1. The lowest BCUT2D eigenvalue weighted by molar-refractivity contribution is -0.123. The second-order valence-corrected chi connectivity index (χ2v) is 9.33. The molecule has 3 N–H and O–H groups in total. The Bertz CT molecular complexity index is 1350. The molecule has 0 saturated heterocycles. The molecule has 3 heterocycles. The van der Waals surface area contributed by atoms with Gasteiger partial charge in [-0.1, -0.05) is 38.1 Å². The number of rotatable bonds is 9. The van der Waals surface area contributed by atoms with Crippen LogP contribution in [-0.4, -0.2) is 45.8 Å². The van der Waals surface area contributed by atoms with E-state index in [-0.39, 0.29) is 12.5 Å². The van der Waals surface area contributed by atoms with E-state index in [0.717, 1.165) is 39.5 Å². The van der Waals surface area contributed by atoms with E-state index in [0.29, 0.717) is 43.7 Å². The molecular formula is C28H30N6O3. The van der Waals surface area contributed by atoms with Crippen molar-refractivity contribution in [2.75, 3.05) is 25.1 Å². The summed E-state index contributed by atoms with van der Waals surface area (Å²) >= 11 is 0. The molecule has 5 rings (SSSR count). The van der Waals surface area contributed by atoms with Gasteiger partial charge in [0.25, 0.3) is 5.91 Å². The molecule has 2 aromatic heterocycles. The van der Waals surface area contributed by atoms with Gasteiger partial charge in [0.15, 0.2) is 12.4 Å². The van der Waals surface area contributed by atoms with E-state index in [1.165, 1.54) is 0 Å². The normalized spacial score (nSPS) is 12.7. The van der Waals surface area contributed by atoms with Crippen LogP contribution in [0, 0.1) is 5.92 Å². The number of aromatic nitrogens is 4. The molecule has 0 atom stereocenters. The Kier molecular flexibility index (Phi) is 7.41. The average molecular weight is 499 g/mol. The topological polar surface area (TPSA) is 114 Å². The molecule has 1 amide bonds. The number of nitrogens with one attached hydrogen (secondary N) is 3. The Balaban J connectivity index is 1.36. The Morgan fingerprint density at radius 2 is 1.97 bits per heavy atom. The fourth-order valence-electron chi connectivity index (χ4n) is 4.00. The first-order valence-electron chi connectivity index (χ1n) is 12.4. The number of H-pyrrole nitrogens is 1. The summed E-state index contributed by atoms with van der Waals surface area (Å²) in [6, 6.07) is 15.6. The van der Waals surface area contributed by atoms with Crippen LogP contribution >= 0.6 is 0 Å². The van der Waals surface area contributed by atoms with E-state index in [2.05, 4.69) is 34.7 Å². The van der Waals surface area contributed by atoms with Crippen molar-refractivity contribution in [1.29, 1.82) is 0 Å². The first kappa shape index (κ1) is 24.5. The summed E-state index contributed by atoms with van der Waals surface area (Å²) in [7, 11) is 0. The summed E-state index contributed by atoms with van der Waals surface area (Å²) in [6.45, 7) is 5.76. The van der Waals surface area contributed by atoms with Gasteiger partial charge < -0.3 is 20.1 Å². The number of anilines is 2. The fourth-order valence-corrected chi connectivity index (χ4v) is 4.00. The Morgan fingerprint density at radius 3 is 2.76 bits per heavy atom. The van der Waals surface area contributed by atoms with E-state index < -0.39 is 0 Å². The number of amides is 1. The Labute approximate surface area is 215 Å². The highest BCUT2D eigenvalue weighted by Crippen LogP contribution is 2.30. The predicted octanol–water partition coefficient (Wildman–Crippen LogP) is 4.50. The van der Waals surface area contributed by atoms with Gasteiger partial charge in [-0.3, -0.25) is 9.89 Å². The molecule has 0 radical (unpaired) electrons. The average Bonchev–Trinajstić information content (AvgIpc) is 3.46. The van der Waals surface area contributed by atoms with Crippen LogP contribution < -0.4 is 15.4 Å². The van der Waals surface area contributed by atoms with Gasteiger partial charge in [0.2, 0.25) is 0 Å². The first-order valence-corrected chi connectivity index (χ1v) is 12.4. The van der Waals surface area contributed by atoms with Gasteiger partial charge in [0.1, 0.15) is 11.6 Å². The maximum Gasteiger partial charge on any atom is 0.257 e. The molecule has 190 valence electrons. The molecule has 1 aliphatic rings. The number of benzene rings is 2. The first-order chi connectivity index (χ1) is 18.0. The number of ether oxygens (including phenoxy) is 2. The SMILES string of the molecule is CC(C)CNC(=O)COc1cccc(-c2nc3c(c(Nc4ccc(-c5cn[nH]c5)cc4)n2)COCC3)c1. The van der Waals surface area contributed by atoms with Crippen LogP contribution in [-0.2, 0) is 22.6 Å². The summed E-state index contributed by atoms with van der Waals surface area (Å²) in [5.41, 5.74) is 5.75. The van der Waals surface area contributed by atoms with Crippen LogP contribution in [0.1, 0.15) is 25.1 Å². The quantitative estimate of drug-likeness (QED) is 0.311. The summed E-state index contributed by atoms with van der Waals surface area (Å²) < 4.78 is 11.4. The monoisotopic (exact) mass is 498 g/mol. The van der Waals surface area contributed by atoms with E-state index in [4.69, 9.17) is 19.4 Å². The third kappa shape index (κ3) is 6.13. The number of aromatic amines is 1. The van der Waals surface area contributed by atoms with E-state index in [1.54, 1.807) is 6.20 Å². The number of fused-ring (bicyclic) bond motifs is 1. The smallest absolute Gasteiger partial charge is 0.257 e. The number of hydrogen-bond donors (Lipinski definition) is 3. The second kappa shape index (κ2) is 11.2. The van der Waals surface area contributed by atoms with Crippen LogP contribution in [0.2, 0.25) is 0 Å². The minimum Gasteiger partial charge on any atom is -0.484 e. The largest absolute Gasteiger partial charge is 0.484 e. The molecule has 4 aromatic rings. The van der Waals surface area contributed by atoms with Crippen molar-refractivity contribution in [3.63, 3.8) is 0 Å². The molecule has 9 heteroatoms. The highest BCUT2D eigenvalue weighted by Gasteiger charge is 2.19. The molecule has 0 fully saturated rings. The minimum absolute atomic E-state index is 0.0415. The number of carbonyl (C=O) groups is 1. The van der Waals surface area contributed by atoms with Gasteiger partial charge in [0.05, 0.1) is 25.1 Å². The standard InChI is InChI=1S/C28H30N6O3/c1-18(2)13-29-26(35)17-37-23-5-3-4-20(12-23)27-33-25-10-11-36-16-24(25)28(34-27)32-22-8-6-19(7-9-22)21-14-30-31-15-21/h3-9,12,14-15,18H,10-11,13,16-17H2,1-2H3,(H,29,35)(H,30,31)(H,32,33,34). The lowest BCUT2D eigenvalue weighted by Crippen LogP contribution is -2.31. The third-order valence-electron chi connectivity index (χ3n) is 5.97. The zero-order valence-corrected chi connectivity index (χ0v) is 21.0. The van der Waals surface area contributed by atoms with Crippen molar-refractivity contribution in [2.24, 2.45) is 5.92 Å². The summed E-state index contributed by atoms with van der Waals surface area (Å²) in [6.07, 6.45) is 4.37. The minimum atomic E-state index is -0.144. The van der Waals surface area contributed by atoms with Crippen molar-refractivity contribution in [3.05, 3.63) is 72.2 Å². The van der Waals surface area contributed by atoms with Gasteiger partial charge in [-0.05, 0) is 35.7 Å². The summed E-state index contributed by atoms with van der Waals surface area (Å²) in [4.78, 5) is 21.8. The van der Waals surface area contributed by atoms with Gasteiger partial charge in [-0.15, -0.1) is 0 Å². The molecule has 2 aromatic carbocycles. The lowest BCUT2D eigenvalue weighted by Gasteiger charge is -2.20. The zero-order valence-electron chi connectivity index (χ0n) is 21.0. The molecule has 1 aliphatic heterocycles. The number of hydrogen-bond acceptors (Lipinski definition) is 7. The van der Waals surface area contributed by atoms with Crippen molar-refractivity contribution >= 4 is 17.4 Å². The Hall–Kier alpha value is -4.24. The van der Waals surface area contributed by atoms with E-state index in [1.807, 2.05) is 54.7 Å². The van der Waals surface area contributed by atoms with Crippen molar-refractivity contribution < 1.29 is 14.3 Å². The number of nitrogens with zero attached hydrogens (tertiary/aromatic N) is 3. The van der Waals surface area contributed by atoms with Crippen molar-refractivity contribution in [2.45, 2.75) is 26.9 Å². The molecule has 0 bridgehead atoms.